The van der Waals surface area contributed by atoms with Gasteiger partial charge in [-0.25, -0.2) is 9.97 Å². The molecular formula is C20H12N4O2Zn. The number of nitrogens with zero attached hydrogens (tertiary/aromatic N) is 4. The van der Waals surface area contributed by atoms with Crippen molar-refractivity contribution in [2.75, 3.05) is 0 Å². The Hall–Kier alpha value is -3.54. The molecule has 0 fully saturated rings. The van der Waals surface area contributed by atoms with Crippen molar-refractivity contribution in [1.29, 1.82) is 10.5 Å². The first-order valence-corrected chi connectivity index (χ1v) is 6.79. The maximum Gasteiger partial charge on any atom is 0.141 e. The molecular weight excluding hydrogens is 394 g/mol. The van der Waals surface area contributed by atoms with Crippen LogP contribution in [0, 0.1) is 22.7 Å². The first-order chi connectivity index (χ1) is 16.8. The van der Waals surface area contributed by atoms with Gasteiger partial charge in [-0.05, 0) is 36.3 Å². The van der Waals surface area contributed by atoms with E-state index in [9.17, 15) is 10.2 Å². The molecule has 6 nitrogen and oxygen atoms in total. The number of pyridine rings is 2. The number of para-hydroxylation sites is 2. The molecule has 27 heavy (non-hydrogen) atoms. The summed E-state index contributed by atoms with van der Waals surface area (Å²) in [6.07, 6.45) is 0. The van der Waals surface area contributed by atoms with E-state index in [2.05, 4.69) is 9.97 Å². The van der Waals surface area contributed by atoms with Gasteiger partial charge in [0.05, 0.1) is 13.7 Å². The van der Waals surface area contributed by atoms with E-state index in [-0.39, 0.29) is 52.7 Å². The molecule has 0 aliphatic rings. The molecule has 0 spiro atoms. The number of aromatic nitrogens is 2. The number of nitriles is 2. The molecule has 7 heteroatoms. The van der Waals surface area contributed by atoms with E-state index in [4.69, 9.17) is 24.2 Å². The van der Waals surface area contributed by atoms with Crippen LogP contribution in [0.25, 0.3) is 21.8 Å². The second kappa shape index (κ2) is 8.71. The molecule has 0 saturated carbocycles. The molecule has 4 rings (SSSR count). The molecule has 126 valence electrons. The van der Waals surface area contributed by atoms with Crippen molar-refractivity contribution >= 4 is 21.8 Å². The minimum Gasteiger partial charge on any atom is -0.506 e. The number of hydrogen-bond donors (Lipinski definition) is 2. The van der Waals surface area contributed by atoms with Crippen molar-refractivity contribution in [3.05, 3.63) is 71.8 Å². The third-order valence-corrected chi connectivity index (χ3v) is 2.93. The van der Waals surface area contributed by atoms with Gasteiger partial charge in [0, 0.05) is 30.3 Å². The van der Waals surface area contributed by atoms with Crippen molar-refractivity contribution in [3.63, 3.8) is 0 Å². The first-order valence-electron chi connectivity index (χ1n) is 11.8. The van der Waals surface area contributed by atoms with Crippen LogP contribution in [-0.2, 0) is 19.5 Å². The van der Waals surface area contributed by atoms with E-state index in [0.29, 0.717) is 0 Å². The average molecular weight is 416 g/mol. The Balaban J connectivity index is 0.000000253. The second-order valence-corrected chi connectivity index (χ2v) is 4.54. The van der Waals surface area contributed by atoms with Gasteiger partial charge in [0.2, 0.25) is 0 Å². The molecule has 0 aliphatic heterocycles. The van der Waals surface area contributed by atoms with Crippen molar-refractivity contribution in [2.24, 2.45) is 0 Å². The summed E-state index contributed by atoms with van der Waals surface area (Å²) in [5.74, 6) is -1.31. The number of rotatable bonds is 0. The molecule has 2 N–H and O–H groups in total. The maximum absolute atomic E-state index is 9.69. The standard InChI is InChI=1S/2C10H6N2O.Zn/c2*11-6-8-5-4-7-2-1-3-9(13)10(7)12-8;/h2*1-5,13H;/i2*1D,2D,3D,4D,5D;. The van der Waals surface area contributed by atoms with Crippen LogP contribution in [-0.4, -0.2) is 20.2 Å². The van der Waals surface area contributed by atoms with Gasteiger partial charge in [-0.15, -0.1) is 0 Å². The molecule has 0 aliphatic carbocycles. The second-order valence-electron chi connectivity index (χ2n) is 4.54. The predicted octanol–water partition coefficient (Wildman–Crippen LogP) is 3.62. The summed E-state index contributed by atoms with van der Waals surface area (Å²) in [5.41, 5.74) is -1.25. The van der Waals surface area contributed by atoms with Gasteiger partial charge < -0.3 is 10.2 Å². The summed E-state index contributed by atoms with van der Waals surface area (Å²) in [6.45, 7) is 0. The summed E-state index contributed by atoms with van der Waals surface area (Å²) < 4.78 is 75.5. The third-order valence-electron chi connectivity index (χ3n) is 2.93. The normalized spacial score (nSPS) is 14.6. The molecule has 4 aromatic rings. The fraction of sp³-hybridized carbons (Fsp3) is 0. The minimum absolute atomic E-state index is 0. The summed E-state index contributed by atoms with van der Waals surface area (Å²) in [6, 6.07) is -1.77. The molecule has 2 aromatic heterocycles. The molecule has 0 atom stereocenters. The summed E-state index contributed by atoms with van der Waals surface area (Å²) in [4.78, 5) is 7.35. The van der Waals surface area contributed by atoms with Gasteiger partial charge in [-0.1, -0.05) is 24.2 Å². The SMILES string of the molecule is [2H]c1c([2H])c([2H])c2c([2H])c([2H])c(C#N)nc2c1O.[2H]c1c([2H])c([2H])c2c([2H])c([2H])c(C#N)nc2c1O.[Zn]. The Bertz CT molecular complexity index is 1580. The van der Waals surface area contributed by atoms with E-state index in [1.165, 1.54) is 0 Å². The van der Waals surface area contributed by atoms with Crippen molar-refractivity contribution in [2.45, 2.75) is 0 Å². The van der Waals surface area contributed by atoms with Crippen LogP contribution in [0.15, 0.2) is 60.4 Å². The quantitative estimate of drug-likeness (QED) is 0.424. The van der Waals surface area contributed by atoms with Crippen LogP contribution in [0.3, 0.4) is 0 Å². The molecule has 2 aromatic carbocycles. The zero-order valence-electron chi connectivity index (χ0n) is 23.4. The maximum atomic E-state index is 9.69. The van der Waals surface area contributed by atoms with Gasteiger partial charge in [0.1, 0.15) is 46.1 Å². The summed E-state index contributed by atoms with van der Waals surface area (Å²) in [7, 11) is 0. The van der Waals surface area contributed by atoms with Crippen LogP contribution in [0.1, 0.15) is 25.1 Å². The van der Waals surface area contributed by atoms with Crippen LogP contribution >= 0.6 is 0 Å². The largest absolute Gasteiger partial charge is 0.506 e. The fourth-order valence-electron chi connectivity index (χ4n) is 1.81. The fourth-order valence-corrected chi connectivity index (χ4v) is 1.81. The first kappa shape index (κ1) is 9.97. The zero-order valence-corrected chi connectivity index (χ0v) is 16.4. The number of benzene rings is 2. The molecule has 0 saturated heterocycles. The van der Waals surface area contributed by atoms with Gasteiger partial charge in [0.15, 0.2) is 0 Å². The van der Waals surface area contributed by atoms with E-state index in [0.717, 1.165) is 0 Å². The van der Waals surface area contributed by atoms with Crippen LogP contribution in [0.5, 0.6) is 11.5 Å². The van der Waals surface area contributed by atoms with E-state index in [1.807, 2.05) is 0 Å². The predicted molar refractivity (Wildman–Crippen MR) is 96.2 cm³/mol. The van der Waals surface area contributed by atoms with Crippen LogP contribution in [0.4, 0.5) is 0 Å². The Morgan fingerprint density at radius 2 is 1.11 bits per heavy atom. The molecule has 0 unspecified atom stereocenters. The number of aromatic hydroxyl groups is 2. The van der Waals surface area contributed by atoms with Gasteiger partial charge >= 0.3 is 0 Å². The Morgan fingerprint density at radius 3 is 1.48 bits per heavy atom. The third kappa shape index (κ3) is 4.36. The van der Waals surface area contributed by atoms with Gasteiger partial charge in [0.25, 0.3) is 0 Å². The Morgan fingerprint density at radius 1 is 0.704 bits per heavy atom. The van der Waals surface area contributed by atoms with Gasteiger partial charge in [-0.3, -0.25) is 0 Å². The van der Waals surface area contributed by atoms with Crippen molar-refractivity contribution in [1.82, 2.24) is 9.97 Å². The minimum atomic E-state index is -0.656. The van der Waals surface area contributed by atoms with Gasteiger partial charge in [-0.2, -0.15) is 10.5 Å². The topological polar surface area (TPSA) is 114 Å². The number of fused-ring (bicyclic) bond motifs is 2. The number of phenols is 2. The van der Waals surface area contributed by atoms with E-state index in [1.54, 1.807) is 12.1 Å². The van der Waals surface area contributed by atoms with Crippen LogP contribution < -0.4 is 0 Å². The molecule has 2 heterocycles. The van der Waals surface area contributed by atoms with E-state index >= 15 is 0 Å². The summed E-state index contributed by atoms with van der Waals surface area (Å²) >= 11 is 0. The smallest absolute Gasteiger partial charge is 0.141 e. The number of hydrogen-bond acceptors (Lipinski definition) is 6. The van der Waals surface area contributed by atoms with Crippen LogP contribution in [0.2, 0.25) is 0 Å². The Kier molecular flexibility index (Phi) is 3.22. The van der Waals surface area contributed by atoms with E-state index < -0.39 is 71.9 Å². The Labute approximate surface area is 181 Å². The van der Waals surface area contributed by atoms with Crippen molar-refractivity contribution < 1.29 is 43.4 Å². The number of phenolic OH excluding ortho intramolecular Hbond substituents is 2. The summed E-state index contributed by atoms with van der Waals surface area (Å²) in [5, 5.41) is 36.5. The molecule has 0 radical (unpaired) electrons. The average Bonchev–Trinajstić information content (AvgIpc) is 2.86. The molecule has 0 bridgehead atoms. The molecule has 0 amide bonds. The monoisotopic (exact) mass is 414 g/mol. The zero-order chi connectivity index (χ0) is 27.2. The van der Waals surface area contributed by atoms with Crippen molar-refractivity contribution in [3.8, 4) is 23.6 Å².